The molecule has 0 aromatic heterocycles. The summed E-state index contributed by atoms with van der Waals surface area (Å²) in [6.45, 7) is 1.85. The molecule has 1 aromatic rings. The maximum Gasteiger partial charge on any atom is 0.122 e. The fourth-order valence-electron chi connectivity index (χ4n) is 2.17. The highest BCUT2D eigenvalue weighted by molar-refractivity contribution is 5.42. The molecule has 3 atom stereocenters. The van der Waals surface area contributed by atoms with Crippen molar-refractivity contribution in [3.8, 4) is 11.5 Å². The van der Waals surface area contributed by atoms with Crippen LogP contribution in [0.25, 0.3) is 0 Å². The molecule has 0 radical (unpaired) electrons. The Morgan fingerprint density at radius 1 is 1.19 bits per heavy atom. The molecule has 0 spiro atoms. The van der Waals surface area contributed by atoms with Gasteiger partial charge >= 0.3 is 0 Å². The lowest BCUT2D eigenvalue weighted by molar-refractivity contribution is 0.169. The molecule has 1 fully saturated rings. The average Bonchev–Trinajstić information content (AvgIpc) is 3.08. The van der Waals surface area contributed by atoms with Crippen LogP contribution >= 0.6 is 0 Å². The Bertz CT molecular complexity index is 351. The van der Waals surface area contributed by atoms with Crippen LogP contribution in [0.4, 0.5) is 0 Å². The number of aliphatic hydroxyl groups is 1. The monoisotopic (exact) mass is 222 g/mol. The zero-order chi connectivity index (χ0) is 11.7. The van der Waals surface area contributed by atoms with Gasteiger partial charge in [-0.2, -0.15) is 0 Å². The molecular weight excluding hydrogens is 204 g/mol. The van der Waals surface area contributed by atoms with Gasteiger partial charge in [-0.25, -0.2) is 0 Å². The van der Waals surface area contributed by atoms with Gasteiger partial charge in [0.25, 0.3) is 0 Å². The number of rotatable bonds is 4. The zero-order valence-electron chi connectivity index (χ0n) is 9.93. The number of benzene rings is 1. The molecule has 3 heteroatoms. The second kappa shape index (κ2) is 4.34. The van der Waals surface area contributed by atoms with E-state index in [0.29, 0.717) is 11.8 Å². The first-order valence-corrected chi connectivity index (χ1v) is 5.56. The predicted octanol–water partition coefficient (Wildman–Crippen LogP) is 2.19. The Hall–Kier alpha value is -1.22. The highest BCUT2D eigenvalue weighted by atomic mass is 16.5. The van der Waals surface area contributed by atoms with Crippen LogP contribution in [0.3, 0.4) is 0 Å². The Morgan fingerprint density at radius 3 is 2.12 bits per heavy atom. The van der Waals surface area contributed by atoms with Crippen molar-refractivity contribution in [3.05, 3.63) is 23.8 Å². The van der Waals surface area contributed by atoms with Crippen LogP contribution in [0.15, 0.2) is 18.2 Å². The van der Waals surface area contributed by atoms with Gasteiger partial charge in [0, 0.05) is 6.07 Å². The Balaban J connectivity index is 2.21. The molecule has 0 saturated heterocycles. The fraction of sp³-hybridized carbons (Fsp3) is 0.538. The molecule has 16 heavy (non-hydrogen) atoms. The first kappa shape index (κ1) is 11.3. The largest absolute Gasteiger partial charge is 0.497 e. The van der Waals surface area contributed by atoms with Crippen LogP contribution in [-0.4, -0.2) is 25.4 Å². The summed E-state index contributed by atoms with van der Waals surface area (Å²) in [7, 11) is 3.30. The number of ether oxygens (including phenoxy) is 2. The summed E-state index contributed by atoms with van der Waals surface area (Å²) in [6, 6.07) is 5.91. The third-order valence-electron chi connectivity index (χ3n) is 3.26. The topological polar surface area (TPSA) is 38.7 Å². The van der Waals surface area contributed by atoms with E-state index in [4.69, 9.17) is 9.47 Å². The fourth-order valence-corrected chi connectivity index (χ4v) is 2.17. The zero-order valence-corrected chi connectivity index (χ0v) is 9.93. The highest BCUT2D eigenvalue weighted by Crippen LogP contribution is 2.50. The smallest absolute Gasteiger partial charge is 0.122 e. The van der Waals surface area contributed by atoms with E-state index in [1.165, 1.54) is 5.56 Å². The SMILES string of the molecule is COc1cc(OC)cc([C@@H]2C[C@H]2[C@@H](C)O)c1. The molecule has 1 aromatic carbocycles. The van der Waals surface area contributed by atoms with E-state index in [0.717, 1.165) is 17.9 Å². The lowest BCUT2D eigenvalue weighted by Gasteiger charge is -2.09. The number of hydrogen-bond donors (Lipinski definition) is 1. The molecule has 1 aliphatic rings. The van der Waals surface area contributed by atoms with Crippen LogP contribution < -0.4 is 9.47 Å². The van der Waals surface area contributed by atoms with Crippen molar-refractivity contribution in [1.82, 2.24) is 0 Å². The van der Waals surface area contributed by atoms with Crippen molar-refractivity contribution in [2.45, 2.75) is 25.4 Å². The minimum atomic E-state index is -0.234. The second-order valence-electron chi connectivity index (χ2n) is 4.39. The van der Waals surface area contributed by atoms with E-state index in [-0.39, 0.29) is 6.10 Å². The minimum Gasteiger partial charge on any atom is -0.497 e. The summed E-state index contributed by atoms with van der Waals surface area (Å²) in [5.41, 5.74) is 1.20. The van der Waals surface area contributed by atoms with E-state index in [1.54, 1.807) is 14.2 Å². The van der Waals surface area contributed by atoms with Gasteiger partial charge < -0.3 is 14.6 Å². The first-order chi connectivity index (χ1) is 7.65. The summed E-state index contributed by atoms with van der Waals surface area (Å²) in [6.07, 6.45) is 0.816. The lowest BCUT2D eigenvalue weighted by atomic mass is 10.1. The molecule has 0 bridgehead atoms. The third kappa shape index (κ3) is 2.14. The van der Waals surface area contributed by atoms with Gasteiger partial charge in [0.15, 0.2) is 0 Å². The Morgan fingerprint density at radius 2 is 1.75 bits per heavy atom. The summed E-state index contributed by atoms with van der Waals surface area (Å²) >= 11 is 0. The summed E-state index contributed by atoms with van der Waals surface area (Å²) in [4.78, 5) is 0. The standard InChI is InChI=1S/C13H18O3/c1-8(14)12-7-13(12)9-4-10(15-2)6-11(5-9)16-3/h4-6,8,12-14H,7H2,1-3H3/t8-,12+,13+/m1/s1. The molecule has 0 heterocycles. The van der Waals surface area contributed by atoms with Crippen molar-refractivity contribution >= 4 is 0 Å². The van der Waals surface area contributed by atoms with Crippen LogP contribution in [0, 0.1) is 5.92 Å². The van der Waals surface area contributed by atoms with Gasteiger partial charge in [-0.1, -0.05) is 0 Å². The third-order valence-corrected chi connectivity index (χ3v) is 3.26. The maximum absolute atomic E-state index is 9.51. The van der Waals surface area contributed by atoms with Gasteiger partial charge in [0.1, 0.15) is 11.5 Å². The van der Waals surface area contributed by atoms with Gasteiger partial charge in [0.2, 0.25) is 0 Å². The first-order valence-electron chi connectivity index (χ1n) is 5.56. The number of aliphatic hydroxyl groups excluding tert-OH is 1. The molecule has 1 aliphatic carbocycles. The second-order valence-corrected chi connectivity index (χ2v) is 4.39. The average molecular weight is 222 g/mol. The lowest BCUT2D eigenvalue weighted by Crippen LogP contribution is -2.03. The van der Waals surface area contributed by atoms with Crippen LogP contribution in [0.2, 0.25) is 0 Å². The normalized spacial score (nSPS) is 25.0. The summed E-state index contributed by atoms with van der Waals surface area (Å²) in [5, 5.41) is 9.51. The van der Waals surface area contributed by atoms with Crippen molar-refractivity contribution < 1.29 is 14.6 Å². The Kier molecular flexibility index (Phi) is 3.06. The van der Waals surface area contributed by atoms with Gasteiger partial charge in [-0.3, -0.25) is 0 Å². The molecule has 1 saturated carbocycles. The number of methoxy groups -OCH3 is 2. The molecule has 2 rings (SSSR count). The maximum atomic E-state index is 9.51. The molecule has 3 nitrogen and oxygen atoms in total. The van der Waals surface area contributed by atoms with Crippen molar-refractivity contribution in [2.24, 2.45) is 5.92 Å². The molecular formula is C13H18O3. The molecule has 1 N–H and O–H groups in total. The number of hydrogen-bond acceptors (Lipinski definition) is 3. The van der Waals surface area contributed by atoms with Crippen LogP contribution in [0.5, 0.6) is 11.5 Å². The van der Waals surface area contributed by atoms with Gasteiger partial charge in [-0.15, -0.1) is 0 Å². The molecule has 0 amide bonds. The van der Waals surface area contributed by atoms with Gasteiger partial charge in [-0.05, 0) is 42.9 Å². The summed E-state index contributed by atoms with van der Waals surface area (Å²) < 4.78 is 10.5. The predicted molar refractivity (Wildman–Crippen MR) is 62.1 cm³/mol. The van der Waals surface area contributed by atoms with Crippen LogP contribution in [-0.2, 0) is 0 Å². The van der Waals surface area contributed by atoms with Crippen molar-refractivity contribution in [1.29, 1.82) is 0 Å². The molecule has 0 unspecified atom stereocenters. The molecule has 0 aliphatic heterocycles. The highest BCUT2D eigenvalue weighted by Gasteiger charge is 2.41. The van der Waals surface area contributed by atoms with E-state index >= 15 is 0 Å². The van der Waals surface area contributed by atoms with E-state index in [2.05, 4.69) is 0 Å². The Labute approximate surface area is 96.0 Å². The quantitative estimate of drug-likeness (QED) is 0.848. The molecule has 88 valence electrons. The summed E-state index contributed by atoms with van der Waals surface area (Å²) in [5.74, 6) is 2.46. The van der Waals surface area contributed by atoms with Crippen molar-refractivity contribution in [2.75, 3.05) is 14.2 Å². The van der Waals surface area contributed by atoms with E-state index < -0.39 is 0 Å². The minimum absolute atomic E-state index is 0.234. The van der Waals surface area contributed by atoms with Crippen molar-refractivity contribution in [3.63, 3.8) is 0 Å². The van der Waals surface area contributed by atoms with Crippen LogP contribution in [0.1, 0.15) is 24.8 Å². The van der Waals surface area contributed by atoms with E-state index in [1.807, 2.05) is 25.1 Å². The van der Waals surface area contributed by atoms with E-state index in [9.17, 15) is 5.11 Å². The van der Waals surface area contributed by atoms with Gasteiger partial charge in [0.05, 0.1) is 20.3 Å².